The molecule has 0 aromatic heterocycles. The summed E-state index contributed by atoms with van der Waals surface area (Å²) in [5.74, 6) is -0.798. The molecule has 0 aliphatic rings. The summed E-state index contributed by atoms with van der Waals surface area (Å²) < 4.78 is 34.5. The van der Waals surface area contributed by atoms with Crippen molar-refractivity contribution in [3.63, 3.8) is 0 Å². The van der Waals surface area contributed by atoms with Crippen LogP contribution in [0, 0.1) is 0 Å². The highest BCUT2D eigenvalue weighted by Gasteiger charge is 2.22. The minimum absolute atomic E-state index is 0.0245. The lowest BCUT2D eigenvalue weighted by Crippen LogP contribution is -2.37. The molecular formula is C89H178NO8P. The van der Waals surface area contributed by atoms with Crippen LogP contribution in [0.1, 0.15) is 508 Å². The zero-order valence-corrected chi connectivity index (χ0v) is 68.9. The fraction of sp³-hybridized carbons (Fsp3) is 0.978. The lowest BCUT2D eigenvalue weighted by atomic mass is 10.0. The van der Waals surface area contributed by atoms with Gasteiger partial charge in [-0.2, -0.15) is 0 Å². The molecule has 0 bridgehead atoms. The molecule has 592 valence electrons. The monoisotopic (exact) mass is 1420 g/mol. The van der Waals surface area contributed by atoms with Crippen LogP contribution in [0.2, 0.25) is 0 Å². The van der Waals surface area contributed by atoms with Crippen LogP contribution in [0.15, 0.2) is 0 Å². The molecule has 0 rings (SSSR count). The SMILES string of the molecule is CCCCCCCCCCCCCCCCCCCCCCCCCCCCCCCCCCCCCCCCCC(=O)OC(COC(=O)CCCCCCCCCCCCCCCCCCCCCCCCCCCCCCCCCCCCCC)COP(=O)([O-])OCC[N+](C)(C)C. The van der Waals surface area contributed by atoms with E-state index in [2.05, 4.69) is 13.8 Å². The third kappa shape index (κ3) is 85.8. The lowest BCUT2D eigenvalue weighted by molar-refractivity contribution is -0.870. The Balaban J connectivity index is 3.81. The fourth-order valence-corrected chi connectivity index (χ4v) is 15.2. The molecule has 0 fully saturated rings. The molecule has 0 heterocycles. The summed E-state index contributed by atoms with van der Waals surface area (Å²) in [7, 11) is 1.20. The van der Waals surface area contributed by atoms with Crippen molar-refractivity contribution in [3.05, 3.63) is 0 Å². The van der Waals surface area contributed by atoms with Gasteiger partial charge in [-0.05, 0) is 12.8 Å². The fourth-order valence-electron chi connectivity index (χ4n) is 14.5. The Hall–Kier alpha value is -0.990. The summed E-state index contributed by atoms with van der Waals surface area (Å²) in [6.45, 7) is 4.36. The number of ether oxygens (including phenoxy) is 2. The maximum absolute atomic E-state index is 12.9. The van der Waals surface area contributed by atoms with Crippen LogP contribution in [0.3, 0.4) is 0 Å². The molecule has 0 amide bonds. The van der Waals surface area contributed by atoms with E-state index in [1.165, 1.54) is 443 Å². The molecule has 2 unspecified atom stereocenters. The second kappa shape index (κ2) is 81.1. The van der Waals surface area contributed by atoms with Crippen molar-refractivity contribution < 1.29 is 42.1 Å². The normalized spacial score (nSPS) is 12.8. The first-order chi connectivity index (χ1) is 48.5. The van der Waals surface area contributed by atoms with Gasteiger partial charge in [-0.1, -0.05) is 483 Å². The standard InChI is InChI=1S/C89H178NO8P/c1-6-8-10-12-14-16-18-20-22-24-26-28-30-32-34-36-38-40-42-44-45-46-48-50-52-54-56-58-60-62-64-66-68-70-72-74-76-78-80-82-89(92)98-87(86-97-99(93,94)96-84-83-90(3,4)5)85-95-88(91)81-79-77-75-73-71-69-67-65-63-61-59-57-55-53-51-49-47-43-41-39-37-35-33-31-29-27-25-23-21-19-17-15-13-11-9-7-2/h87H,6-86H2,1-5H3. The molecule has 0 aliphatic heterocycles. The molecule has 9 nitrogen and oxygen atoms in total. The summed E-state index contributed by atoms with van der Waals surface area (Å²) >= 11 is 0. The Kier molecular flexibility index (Phi) is 80.3. The first kappa shape index (κ1) is 98.0. The second-order valence-corrected chi connectivity index (χ2v) is 34.1. The first-order valence-corrected chi connectivity index (χ1v) is 46.7. The summed E-state index contributed by atoms with van der Waals surface area (Å²) in [5, 5.41) is 0. The van der Waals surface area contributed by atoms with Crippen LogP contribution in [-0.2, 0) is 32.7 Å². The van der Waals surface area contributed by atoms with Gasteiger partial charge in [0.05, 0.1) is 27.7 Å². The van der Waals surface area contributed by atoms with Crippen molar-refractivity contribution in [1.82, 2.24) is 0 Å². The average molecular weight is 1420 g/mol. The number of hydrogen-bond donors (Lipinski definition) is 0. The highest BCUT2D eigenvalue weighted by atomic mass is 31.2. The molecule has 2 atom stereocenters. The number of carbonyl (C=O) groups excluding carboxylic acids is 2. The van der Waals surface area contributed by atoms with E-state index in [1.807, 2.05) is 21.1 Å². The Morgan fingerprint density at radius 3 is 0.646 bits per heavy atom. The van der Waals surface area contributed by atoms with E-state index in [1.54, 1.807) is 0 Å². The van der Waals surface area contributed by atoms with E-state index < -0.39 is 26.5 Å². The van der Waals surface area contributed by atoms with Crippen molar-refractivity contribution in [2.24, 2.45) is 0 Å². The number of esters is 2. The number of carbonyl (C=O) groups is 2. The molecule has 0 aliphatic carbocycles. The third-order valence-electron chi connectivity index (χ3n) is 21.4. The zero-order chi connectivity index (χ0) is 71.8. The Morgan fingerprint density at radius 2 is 0.455 bits per heavy atom. The van der Waals surface area contributed by atoms with Crippen LogP contribution in [0.25, 0.3) is 0 Å². The van der Waals surface area contributed by atoms with E-state index in [0.29, 0.717) is 17.4 Å². The van der Waals surface area contributed by atoms with Crippen LogP contribution >= 0.6 is 7.82 Å². The van der Waals surface area contributed by atoms with Crippen LogP contribution < -0.4 is 4.89 Å². The summed E-state index contributed by atoms with van der Waals surface area (Å²) in [5.41, 5.74) is 0. The third-order valence-corrected chi connectivity index (χ3v) is 22.3. The predicted molar refractivity (Wildman–Crippen MR) is 430 cm³/mol. The highest BCUT2D eigenvalue weighted by molar-refractivity contribution is 7.45. The lowest BCUT2D eigenvalue weighted by Gasteiger charge is -2.28. The predicted octanol–water partition coefficient (Wildman–Crippen LogP) is 29.7. The van der Waals surface area contributed by atoms with Gasteiger partial charge in [-0.15, -0.1) is 0 Å². The molecular weight excluding hydrogens is 1240 g/mol. The minimum Gasteiger partial charge on any atom is -0.756 e. The van der Waals surface area contributed by atoms with Crippen LogP contribution in [-0.4, -0.2) is 70.0 Å². The highest BCUT2D eigenvalue weighted by Crippen LogP contribution is 2.38. The van der Waals surface area contributed by atoms with Crippen molar-refractivity contribution >= 4 is 19.8 Å². The van der Waals surface area contributed by atoms with Gasteiger partial charge in [0.1, 0.15) is 19.8 Å². The van der Waals surface area contributed by atoms with Gasteiger partial charge in [-0.3, -0.25) is 14.2 Å². The smallest absolute Gasteiger partial charge is 0.306 e. The number of hydrogen-bond acceptors (Lipinski definition) is 8. The van der Waals surface area contributed by atoms with Gasteiger partial charge in [0, 0.05) is 12.8 Å². The molecule has 0 N–H and O–H groups in total. The number of likely N-dealkylation sites (N-methyl/N-ethyl adjacent to an activating group) is 1. The number of phosphoric ester groups is 1. The summed E-state index contributed by atoms with van der Waals surface area (Å²) in [6, 6.07) is 0. The topological polar surface area (TPSA) is 111 Å². The van der Waals surface area contributed by atoms with E-state index >= 15 is 0 Å². The molecule has 0 saturated carbocycles. The quantitative estimate of drug-likeness (QED) is 0.0256. The maximum Gasteiger partial charge on any atom is 0.306 e. The summed E-state index contributed by atoms with van der Waals surface area (Å²) in [6.07, 6.45) is 103. The van der Waals surface area contributed by atoms with Gasteiger partial charge in [0.2, 0.25) is 0 Å². The molecule has 0 radical (unpaired) electrons. The summed E-state index contributed by atoms with van der Waals surface area (Å²) in [4.78, 5) is 38.3. The number of quaternary nitrogens is 1. The van der Waals surface area contributed by atoms with E-state index in [9.17, 15) is 19.0 Å². The number of phosphoric acid groups is 1. The zero-order valence-electron chi connectivity index (χ0n) is 68.0. The van der Waals surface area contributed by atoms with Gasteiger partial charge >= 0.3 is 11.9 Å². The Morgan fingerprint density at radius 1 is 0.273 bits per heavy atom. The van der Waals surface area contributed by atoms with Crippen LogP contribution in [0.5, 0.6) is 0 Å². The van der Waals surface area contributed by atoms with Crippen molar-refractivity contribution in [2.45, 2.75) is 514 Å². The molecule has 0 saturated heterocycles. The number of nitrogens with zero attached hydrogens (tertiary/aromatic N) is 1. The van der Waals surface area contributed by atoms with E-state index in [-0.39, 0.29) is 32.0 Å². The molecule has 0 spiro atoms. The van der Waals surface area contributed by atoms with Gasteiger partial charge in [0.25, 0.3) is 7.82 Å². The first-order valence-electron chi connectivity index (χ1n) is 45.2. The van der Waals surface area contributed by atoms with Crippen molar-refractivity contribution in [2.75, 3.05) is 47.5 Å². The Labute approximate surface area is 620 Å². The average Bonchev–Trinajstić information content (AvgIpc) is 0.989. The molecule has 0 aromatic rings. The van der Waals surface area contributed by atoms with E-state index in [0.717, 1.165) is 32.1 Å². The second-order valence-electron chi connectivity index (χ2n) is 32.7. The Bertz CT molecular complexity index is 1620. The largest absolute Gasteiger partial charge is 0.756 e. The molecule has 10 heteroatoms. The number of unbranched alkanes of at least 4 members (excludes halogenated alkanes) is 73. The maximum atomic E-state index is 12.9. The van der Waals surface area contributed by atoms with Crippen molar-refractivity contribution in [3.8, 4) is 0 Å². The van der Waals surface area contributed by atoms with Gasteiger partial charge < -0.3 is 27.9 Å². The number of rotatable bonds is 87. The van der Waals surface area contributed by atoms with Gasteiger partial charge in [-0.25, -0.2) is 0 Å². The van der Waals surface area contributed by atoms with Gasteiger partial charge in [0.15, 0.2) is 6.10 Å². The minimum atomic E-state index is -4.64. The molecule has 0 aromatic carbocycles. The molecule has 99 heavy (non-hydrogen) atoms. The van der Waals surface area contributed by atoms with E-state index in [4.69, 9.17) is 18.5 Å². The van der Waals surface area contributed by atoms with Crippen molar-refractivity contribution in [1.29, 1.82) is 0 Å². The van der Waals surface area contributed by atoms with Crippen LogP contribution in [0.4, 0.5) is 0 Å².